The van der Waals surface area contributed by atoms with Crippen LogP contribution in [0.2, 0.25) is 0 Å². The minimum Gasteiger partial charge on any atom is -0.507 e. The van der Waals surface area contributed by atoms with E-state index in [9.17, 15) is 10.2 Å². The van der Waals surface area contributed by atoms with Crippen molar-refractivity contribution in [2.45, 2.75) is 65.9 Å². The molecule has 0 fully saturated rings. The molecule has 1 aromatic carbocycles. The molecule has 2 N–H and O–H groups in total. The van der Waals surface area contributed by atoms with Crippen molar-refractivity contribution in [3.63, 3.8) is 0 Å². The SMILES string of the molecule is CC(C)CCCc1cc(CO)cc(C(C)(C)C)c1O. The van der Waals surface area contributed by atoms with Gasteiger partial charge in [0.05, 0.1) is 6.61 Å². The number of rotatable bonds is 5. The fourth-order valence-corrected chi connectivity index (χ4v) is 2.31. The summed E-state index contributed by atoms with van der Waals surface area (Å²) in [4.78, 5) is 0. The van der Waals surface area contributed by atoms with Crippen molar-refractivity contribution in [1.82, 2.24) is 0 Å². The summed E-state index contributed by atoms with van der Waals surface area (Å²) >= 11 is 0. The van der Waals surface area contributed by atoms with E-state index in [-0.39, 0.29) is 12.0 Å². The summed E-state index contributed by atoms with van der Waals surface area (Å²) in [6.07, 6.45) is 3.11. The second-order valence-electron chi connectivity index (χ2n) is 6.85. The minimum atomic E-state index is -0.109. The van der Waals surface area contributed by atoms with Crippen molar-refractivity contribution >= 4 is 0 Å². The van der Waals surface area contributed by atoms with Gasteiger partial charge in [0.2, 0.25) is 0 Å². The first-order chi connectivity index (χ1) is 8.75. The standard InChI is InChI=1S/C17H28O2/c1-12(2)7-6-8-14-9-13(11-18)10-15(16(14)19)17(3,4)5/h9-10,12,18-19H,6-8,11H2,1-5H3. The number of aliphatic hydroxyl groups is 1. The van der Waals surface area contributed by atoms with E-state index in [0.717, 1.165) is 36.0 Å². The molecule has 0 aliphatic rings. The van der Waals surface area contributed by atoms with Crippen molar-refractivity contribution in [1.29, 1.82) is 0 Å². The van der Waals surface area contributed by atoms with Crippen LogP contribution in [0.4, 0.5) is 0 Å². The molecule has 0 saturated carbocycles. The van der Waals surface area contributed by atoms with Crippen LogP contribution in [0.25, 0.3) is 0 Å². The average molecular weight is 264 g/mol. The zero-order chi connectivity index (χ0) is 14.6. The largest absolute Gasteiger partial charge is 0.507 e. The third-order valence-electron chi connectivity index (χ3n) is 3.47. The lowest BCUT2D eigenvalue weighted by molar-refractivity contribution is 0.281. The third kappa shape index (κ3) is 4.54. The molecule has 1 aromatic rings. The van der Waals surface area contributed by atoms with E-state index in [2.05, 4.69) is 34.6 Å². The molecule has 0 aliphatic carbocycles. The topological polar surface area (TPSA) is 40.5 Å². The molecule has 19 heavy (non-hydrogen) atoms. The van der Waals surface area contributed by atoms with Gasteiger partial charge in [0.1, 0.15) is 5.75 Å². The molecule has 0 heterocycles. The molecule has 1 rings (SSSR count). The molecular formula is C17H28O2. The second-order valence-corrected chi connectivity index (χ2v) is 6.85. The highest BCUT2D eigenvalue weighted by Crippen LogP contribution is 2.35. The second kappa shape index (κ2) is 6.42. The van der Waals surface area contributed by atoms with Crippen molar-refractivity contribution in [3.8, 4) is 5.75 Å². The van der Waals surface area contributed by atoms with Crippen LogP contribution in [-0.2, 0) is 18.4 Å². The van der Waals surface area contributed by atoms with Crippen molar-refractivity contribution in [2.24, 2.45) is 5.92 Å². The van der Waals surface area contributed by atoms with Gasteiger partial charge in [-0.05, 0) is 53.0 Å². The summed E-state index contributed by atoms with van der Waals surface area (Å²) < 4.78 is 0. The van der Waals surface area contributed by atoms with E-state index in [1.807, 2.05) is 12.1 Å². The van der Waals surface area contributed by atoms with Gasteiger partial charge >= 0.3 is 0 Å². The number of phenols is 1. The molecule has 0 spiro atoms. The molecule has 0 radical (unpaired) electrons. The Balaban J connectivity index is 3.03. The molecule has 0 atom stereocenters. The average Bonchev–Trinajstić information content (AvgIpc) is 2.29. The van der Waals surface area contributed by atoms with Crippen LogP contribution in [0.5, 0.6) is 5.75 Å². The molecule has 0 saturated heterocycles. The number of aliphatic hydroxyl groups excluding tert-OH is 1. The summed E-state index contributed by atoms with van der Waals surface area (Å²) in [7, 11) is 0. The van der Waals surface area contributed by atoms with Gasteiger partial charge in [0.25, 0.3) is 0 Å². The van der Waals surface area contributed by atoms with Gasteiger partial charge in [-0.1, -0.05) is 41.0 Å². The maximum Gasteiger partial charge on any atom is 0.122 e. The maximum absolute atomic E-state index is 10.4. The first kappa shape index (κ1) is 16.0. The smallest absolute Gasteiger partial charge is 0.122 e. The number of hydrogen-bond donors (Lipinski definition) is 2. The minimum absolute atomic E-state index is 0.0283. The number of hydrogen-bond acceptors (Lipinski definition) is 2. The van der Waals surface area contributed by atoms with Crippen LogP contribution in [0, 0.1) is 5.92 Å². The Morgan fingerprint density at radius 3 is 2.26 bits per heavy atom. The Labute approximate surface area is 117 Å². The van der Waals surface area contributed by atoms with Crippen LogP contribution < -0.4 is 0 Å². The highest BCUT2D eigenvalue weighted by atomic mass is 16.3. The summed E-state index contributed by atoms with van der Waals surface area (Å²) in [5.41, 5.74) is 2.68. The number of benzene rings is 1. The van der Waals surface area contributed by atoms with Crippen LogP contribution in [0.1, 0.15) is 64.2 Å². The molecule has 0 amide bonds. The van der Waals surface area contributed by atoms with Gasteiger partial charge in [-0.15, -0.1) is 0 Å². The molecular weight excluding hydrogens is 236 g/mol. The van der Waals surface area contributed by atoms with E-state index in [1.165, 1.54) is 0 Å². The highest BCUT2D eigenvalue weighted by Gasteiger charge is 2.21. The van der Waals surface area contributed by atoms with Crippen molar-refractivity contribution in [3.05, 3.63) is 28.8 Å². The van der Waals surface area contributed by atoms with E-state index in [0.29, 0.717) is 11.7 Å². The molecule has 0 aromatic heterocycles. The Hall–Kier alpha value is -1.02. The van der Waals surface area contributed by atoms with E-state index in [1.54, 1.807) is 0 Å². The first-order valence-corrected chi connectivity index (χ1v) is 7.21. The Morgan fingerprint density at radius 2 is 1.79 bits per heavy atom. The van der Waals surface area contributed by atoms with E-state index in [4.69, 9.17) is 0 Å². The molecule has 2 nitrogen and oxygen atoms in total. The van der Waals surface area contributed by atoms with Crippen molar-refractivity contribution in [2.75, 3.05) is 0 Å². The van der Waals surface area contributed by atoms with Crippen LogP contribution in [-0.4, -0.2) is 10.2 Å². The van der Waals surface area contributed by atoms with Gasteiger partial charge in [0, 0.05) is 0 Å². The van der Waals surface area contributed by atoms with Crippen LogP contribution in [0.15, 0.2) is 12.1 Å². The van der Waals surface area contributed by atoms with Crippen molar-refractivity contribution < 1.29 is 10.2 Å². The summed E-state index contributed by atoms with van der Waals surface area (Å²) in [5, 5.41) is 19.8. The fraction of sp³-hybridized carbons (Fsp3) is 0.647. The van der Waals surface area contributed by atoms with Gasteiger partial charge in [0.15, 0.2) is 0 Å². The normalized spacial score (nSPS) is 12.2. The quantitative estimate of drug-likeness (QED) is 0.838. The Bertz CT molecular complexity index is 414. The molecule has 0 unspecified atom stereocenters. The lowest BCUT2D eigenvalue weighted by Gasteiger charge is -2.23. The van der Waals surface area contributed by atoms with E-state index >= 15 is 0 Å². The zero-order valence-electron chi connectivity index (χ0n) is 13.0. The summed E-state index contributed by atoms with van der Waals surface area (Å²) in [5.74, 6) is 1.10. The molecule has 0 aliphatic heterocycles. The number of aryl methyl sites for hydroxylation is 1. The fourth-order valence-electron chi connectivity index (χ4n) is 2.31. The van der Waals surface area contributed by atoms with Gasteiger partial charge in [-0.2, -0.15) is 0 Å². The van der Waals surface area contributed by atoms with Gasteiger partial charge in [-0.3, -0.25) is 0 Å². The Kier molecular flexibility index (Phi) is 5.42. The van der Waals surface area contributed by atoms with Gasteiger partial charge in [-0.25, -0.2) is 0 Å². The number of aromatic hydroxyl groups is 1. The maximum atomic E-state index is 10.4. The van der Waals surface area contributed by atoms with Gasteiger partial charge < -0.3 is 10.2 Å². The van der Waals surface area contributed by atoms with Crippen LogP contribution in [0.3, 0.4) is 0 Å². The molecule has 108 valence electrons. The summed E-state index contributed by atoms with van der Waals surface area (Å²) in [6, 6.07) is 3.85. The van der Waals surface area contributed by atoms with Crippen LogP contribution >= 0.6 is 0 Å². The lowest BCUT2D eigenvalue weighted by Crippen LogP contribution is -2.13. The first-order valence-electron chi connectivity index (χ1n) is 7.21. The lowest BCUT2D eigenvalue weighted by atomic mass is 9.83. The molecule has 0 bridgehead atoms. The molecule has 2 heteroatoms. The van der Waals surface area contributed by atoms with E-state index < -0.39 is 0 Å². The highest BCUT2D eigenvalue weighted by molar-refractivity contribution is 5.47. The number of phenolic OH excluding ortho intramolecular Hbond substituents is 1. The predicted molar refractivity (Wildman–Crippen MR) is 80.5 cm³/mol. The Morgan fingerprint density at radius 1 is 1.16 bits per heavy atom. The summed E-state index contributed by atoms with van der Waals surface area (Å²) in [6.45, 7) is 10.7. The predicted octanol–water partition coefficient (Wildman–Crippen LogP) is 4.16. The monoisotopic (exact) mass is 264 g/mol. The zero-order valence-corrected chi connectivity index (χ0v) is 13.0. The third-order valence-corrected chi connectivity index (χ3v) is 3.47.